The Kier molecular flexibility index (Phi) is 5.26. The highest BCUT2D eigenvalue weighted by molar-refractivity contribution is 5.88. The normalized spacial score (nSPS) is 18.4. The molecule has 0 spiro atoms. The Morgan fingerprint density at radius 1 is 1.35 bits per heavy atom. The number of amides is 2. The maximum absolute atomic E-state index is 12.5. The van der Waals surface area contributed by atoms with Gasteiger partial charge in [0.15, 0.2) is 0 Å². The van der Waals surface area contributed by atoms with Gasteiger partial charge in [0, 0.05) is 32.2 Å². The summed E-state index contributed by atoms with van der Waals surface area (Å²) in [6.07, 6.45) is -0.311. The van der Waals surface area contributed by atoms with Gasteiger partial charge in [-0.2, -0.15) is 0 Å². The number of rotatable bonds is 2. The van der Waals surface area contributed by atoms with E-state index < -0.39 is 5.60 Å². The van der Waals surface area contributed by atoms with Gasteiger partial charge in [-0.3, -0.25) is 9.69 Å². The van der Waals surface area contributed by atoms with Crippen LogP contribution in [0.1, 0.15) is 39.3 Å². The zero-order chi connectivity index (χ0) is 17.0. The maximum atomic E-state index is 12.5. The Morgan fingerprint density at radius 3 is 2.74 bits per heavy atom. The first-order chi connectivity index (χ1) is 10.8. The summed E-state index contributed by atoms with van der Waals surface area (Å²) in [5.41, 5.74) is 1.17. The van der Waals surface area contributed by atoms with Crippen LogP contribution >= 0.6 is 0 Å². The molecule has 2 amide bonds. The van der Waals surface area contributed by atoms with E-state index in [9.17, 15) is 9.59 Å². The minimum atomic E-state index is -0.523. The van der Waals surface area contributed by atoms with E-state index in [1.807, 2.05) is 45.0 Å². The molecule has 1 aromatic rings. The lowest BCUT2D eigenvalue weighted by Crippen LogP contribution is -2.50. The summed E-state index contributed by atoms with van der Waals surface area (Å²) in [6, 6.07) is 7.45. The van der Waals surface area contributed by atoms with E-state index in [0.717, 1.165) is 17.8 Å². The molecule has 2 rings (SSSR count). The number of ether oxygens (including phenoxy) is 1. The summed E-state index contributed by atoms with van der Waals surface area (Å²) in [5, 5.41) is 6.08. The molecule has 0 saturated carbocycles. The molecule has 2 N–H and O–H groups in total. The van der Waals surface area contributed by atoms with Crippen LogP contribution in [0.5, 0.6) is 0 Å². The van der Waals surface area contributed by atoms with Gasteiger partial charge in [0.05, 0.1) is 6.04 Å². The molecule has 1 heterocycles. The number of carbonyl (C=O) groups is 2. The quantitative estimate of drug-likeness (QED) is 0.879. The van der Waals surface area contributed by atoms with E-state index in [-0.39, 0.29) is 18.0 Å². The van der Waals surface area contributed by atoms with Crippen LogP contribution in [0, 0.1) is 0 Å². The number of carbonyl (C=O) groups excluding carboxylic acids is 2. The SMILES string of the molecule is CC(=O)Nc1cccc(C2CNCCN2C(=O)OC(C)(C)C)c1. The fourth-order valence-electron chi connectivity index (χ4n) is 2.57. The number of benzene rings is 1. The van der Waals surface area contributed by atoms with E-state index in [1.165, 1.54) is 6.92 Å². The van der Waals surface area contributed by atoms with E-state index in [0.29, 0.717) is 13.1 Å². The average molecular weight is 319 g/mol. The van der Waals surface area contributed by atoms with Crippen molar-refractivity contribution in [2.75, 3.05) is 25.0 Å². The van der Waals surface area contributed by atoms with E-state index in [4.69, 9.17) is 4.74 Å². The summed E-state index contributed by atoms with van der Waals surface area (Å²) >= 11 is 0. The minimum absolute atomic E-state index is 0.118. The molecule has 1 aliphatic rings. The van der Waals surface area contributed by atoms with Gasteiger partial charge in [0.1, 0.15) is 5.60 Å². The van der Waals surface area contributed by atoms with Gasteiger partial charge in [-0.15, -0.1) is 0 Å². The van der Waals surface area contributed by atoms with Crippen molar-refractivity contribution in [3.63, 3.8) is 0 Å². The zero-order valence-electron chi connectivity index (χ0n) is 14.2. The molecule has 126 valence electrons. The van der Waals surface area contributed by atoms with Crippen molar-refractivity contribution in [1.82, 2.24) is 10.2 Å². The van der Waals surface area contributed by atoms with E-state index >= 15 is 0 Å². The summed E-state index contributed by atoms with van der Waals surface area (Å²) in [6.45, 7) is 9.04. The highest BCUT2D eigenvalue weighted by Gasteiger charge is 2.31. The number of nitrogens with zero attached hydrogens (tertiary/aromatic N) is 1. The first kappa shape index (κ1) is 17.3. The van der Waals surface area contributed by atoms with Crippen molar-refractivity contribution in [3.05, 3.63) is 29.8 Å². The molecule has 0 bridgehead atoms. The van der Waals surface area contributed by atoms with Gasteiger partial charge in [-0.25, -0.2) is 4.79 Å². The number of hydrogen-bond acceptors (Lipinski definition) is 4. The molecule has 0 radical (unpaired) electrons. The Hall–Kier alpha value is -2.08. The second-order valence-corrected chi connectivity index (χ2v) is 6.70. The lowest BCUT2D eigenvalue weighted by Gasteiger charge is -2.37. The van der Waals surface area contributed by atoms with Crippen LogP contribution in [-0.2, 0) is 9.53 Å². The first-order valence-corrected chi connectivity index (χ1v) is 7.84. The number of piperazine rings is 1. The van der Waals surface area contributed by atoms with Crippen molar-refractivity contribution in [1.29, 1.82) is 0 Å². The second kappa shape index (κ2) is 7.00. The van der Waals surface area contributed by atoms with Crippen molar-refractivity contribution in [2.45, 2.75) is 39.3 Å². The molecule has 6 heteroatoms. The topological polar surface area (TPSA) is 70.7 Å². The van der Waals surface area contributed by atoms with Crippen LogP contribution in [0.25, 0.3) is 0 Å². The lowest BCUT2D eigenvalue weighted by atomic mass is 10.0. The number of anilines is 1. The molecule has 1 aromatic carbocycles. The van der Waals surface area contributed by atoms with Gasteiger partial charge in [0.2, 0.25) is 5.91 Å². The van der Waals surface area contributed by atoms with E-state index in [1.54, 1.807) is 4.90 Å². The Bertz CT molecular complexity index is 581. The van der Waals surface area contributed by atoms with Crippen LogP contribution in [0.4, 0.5) is 10.5 Å². The molecular formula is C17H25N3O3. The summed E-state index contributed by atoms with van der Waals surface area (Å²) in [4.78, 5) is 25.4. The van der Waals surface area contributed by atoms with Crippen molar-refractivity contribution in [3.8, 4) is 0 Å². The smallest absolute Gasteiger partial charge is 0.410 e. The molecular weight excluding hydrogens is 294 g/mol. The maximum Gasteiger partial charge on any atom is 0.410 e. The molecule has 0 aliphatic carbocycles. The summed E-state index contributed by atoms with van der Waals surface area (Å²) in [7, 11) is 0. The third kappa shape index (κ3) is 4.96. The molecule has 23 heavy (non-hydrogen) atoms. The van der Waals surface area contributed by atoms with Crippen LogP contribution < -0.4 is 10.6 Å². The Labute approximate surface area is 137 Å². The van der Waals surface area contributed by atoms with Crippen molar-refractivity contribution < 1.29 is 14.3 Å². The molecule has 1 saturated heterocycles. The predicted octanol–water partition coefficient (Wildman–Crippen LogP) is 2.53. The second-order valence-electron chi connectivity index (χ2n) is 6.70. The van der Waals surface area contributed by atoms with Crippen LogP contribution in [0.2, 0.25) is 0 Å². The third-order valence-corrected chi connectivity index (χ3v) is 3.46. The molecule has 0 aromatic heterocycles. The third-order valence-electron chi connectivity index (χ3n) is 3.46. The summed E-state index contributed by atoms with van der Waals surface area (Å²) < 4.78 is 5.51. The molecule has 1 atom stereocenters. The molecule has 1 aliphatic heterocycles. The van der Waals surface area contributed by atoms with Gasteiger partial charge in [-0.1, -0.05) is 12.1 Å². The van der Waals surface area contributed by atoms with Crippen LogP contribution in [0.15, 0.2) is 24.3 Å². The molecule has 6 nitrogen and oxygen atoms in total. The minimum Gasteiger partial charge on any atom is -0.444 e. The van der Waals surface area contributed by atoms with Crippen molar-refractivity contribution >= 4 is 17.7 Å². The first-order valence-electron chi connectivity index (χ1n) is 7.84. The zero-order valence-corrected chi connectivity index (χ0v) is 14.2. The molecule has 1 fully saturated rings. The molecule has 1 unspecified atom stereocenters. The van der Waals surface area contributed by atoms with Crippen molar-refractivity contribution in [2.24, 2.45) is 0 Å². The summed E-state index contributed by atoms with van der Waals surface area (Å²) in [5.74, 6) is -0.118. The Morgan fingerprint density at radius 2 is 2.09 bits per heavy atom. The highest BCUT2D eigenvalue weighted by Crippen LogP contribution is 2.26. The van der Waals surface area contributed by atoms with Gasteiger partial charge < -0.3 is 15.4 Å². The monoisotopic (exact) mass is 319 g/mol. The lowest BCUT2D eigenvalue weighted by molar-refractivity contribution is -0.114. The average Bonchev–Trinajstić information content (AvgIpc) is 2.45. The van der Waals surface area contributed by atoms with Gasteiger partial charge >= 0.3 is 6.09 Å². The largest absolute Gasteiger partial charge is 0.444 e. The van der Waals surface area contributed by atoms with Gasteiger partial charge in [0.25, 0.3) is 0 Å². The number of hydrogen-bond donors (Lipinski definition) is 2. The number of nitrogens with one attached hydrogen (secondary N) is 2. The highest BCUT2D eigenvalue weighted by atomic mass is 16.6. The van der Waals surface area contributed by atoms with Gasteiger partial charge in [-0.05, 0) is 38.5 Å². The predicted molar refractivity (Wildman–Crippen MR) is 89.3 cm³/mol. The standard InChI is InChI=1S/C17H25N3O3/c1-12(21)19-14-7-5-6-13(10-14)15-11-18-8-9-20(15)16(22)23-17(2,3)4/h5-7,10,15,18H,8-9,11H2,1-4H3,(H,19,21). The fourth-order valence-corrected chi connectivity index (χ4v) is 2.57. The van der Waals surface area contributed by atoms with E-state index in [2.05, 4.69) is 10.6 Å². The van der Waals surface area contributed by atoms with Crippen LogP contribution in [0.3, 0.4) is 0 Å². The fraction of sp³-hybridized carbons (Fsp3) is 0.529. The Balaban J connectivity index is 2.21. The van der Waals surface area contributed by atoms with Crippen LogP contribution in [-0.4, -0.2) is 42.1 Å².